The summed E-state index contributed by atoms with van der Waals surface area (Å²) in [6.07, 6.45) is 0.637. The summed E-state index contributed by atoms with van der Waals surface area (Å²) in [5, 5.41) is 0.208. The lowest BCUT2D eigenvalue weighted by molar-refractivity contribution is 0.112. The summed E-state index contributed by atoms with van der Waals surface area (Å²) < 4.78 is 26.6. The highest BCUT2D eigenvalue weighted by Crippen LogP contribution is 2.31. The first-order valence-electron chi connectivity index (χ1n) is 4.82. The molecule has 2 aromatic carbocycles. The summed E-state index contributed by atoms with van der Waals surface area (Å²) in [4.78, 5) is 10.5. The molecule has 0 heterocycles. The van der Waals surface area contributed by atoms with Gasteiger partial charge in [-0.05, 0) is 12.1 Å². The summed E-state index contributed by atoms with van der Waals surface area (Å²) in [5.74, 6) is -1.88. The molecule has 0 spiro atoms. The monoisotopic (exact) mass is 252 g/mol. The van der Waals surface area contributed by atoms with Crippen molar-refractivity contribution in [2.45, 2.75) is 0 Å². The SMILES string of the molecule is O=Cc1ccc(-c2cccc(F)c2F)c(Cl)c1. The lowest BCUT2D eigenvalue weighted by atomic mass is 10.0. The Morgan fingerprint density at radius 2 is 1.82 bits per heavy atom. The van der Waals surface area contributed by atoms with Crippen molar-refractivity contribution in [2.24, 2.45) is 0 Å². The van der Waals surface area contributed by atoms with E-state index in [1.165, 1.54) is 30.3 Å². The first-order chi connectivity index (χ1) is 8.13. The van der Waals surface area contributed by atoms with Crippen molar-refractivity contribution in [2.75, 3.05) is 0 Å². The number of hydrogen-bond acceptors (Lipinski definition) is 1. The molecule has 2 aromatic rings. The summed E-state index contributed by atoms with van der Waals surface area (Å²) in [5.41, 5.74) is 0.817. The Morgan fingerprint density at radius 1 is 1.06 bits per heavy atom. The van der Waals surface area contributed by atoms with Gasteiger partial charge in [-0.3, -0.25) is 4.79 Å². The van der Waals surface area contributed by atoms with Crippen molar-refractivity contribution in [1.82, 2.24) is 0 Å². The quantitative estimate of drug-likeness (QED) is 0.736. The van der Waals surface area contributed by atoms with E-state index < -0.39 is 11.6 Å². The maximum absolute atomic E-state index is 13.5. The van der Waals surface area contributed by atoms with E-state index >= 15 is 0 Å². The van der Waals surface area contributed by atoms with Gasteiger partial charge in [0.1, 0.15) is 6.29 Å². The first-order valence-corrected chi connectivity index (χ1v) is 5.20. The molecule has 0 aliphatic heterocycles. The zero-order valence-electron chi connectivity index (χ0n) is 8.58. The van der Waals surface area contributed by atoms with Gasteiger partial charge in [-0.25, -0.2) is 8.78 Å². The van der Waals surface area contributed by atoms with Gasteiger partial charge in [0.15, 0.2) is 11.6 Å². The van der Waals surface area contributed by atoms with Crippen LogP contribution in [0.15, 0.2) is 36.4 Å². The predicted octanol–water partition coefficient (Wildman–Crippen LogP) is 4.10. The molecule has 2 rings (SSSR count). The van der Waals surface area contributed by atoms with Gasteiger partial charge in [0.05, 0.1) is 0 Å². The fraction of sp³-hybridized carbons (Fsp3) is 0. The van der Waals surface area contributed by atoms with Gasteiger partial charge >= 0.3 is 0 Å². The van der Waals surface area contributed by atoms with Crippen molar-refractivity contribution in [3.8, 4) is 11.1 Å². The van der Waals surface area contributed by atoms with Crippen LogP contribution in [0.5, 0.6) is 0 Å². The van der Waals surface area contributed by atoms with Gasteiger partial charge in [-0.2, -0.15) is 0 Å². The molecule has 0 aromatic heterocycles. The van der Waals surface area contributed by atoms with Crippen LogP contribution in [0.4, 0.5) is 8.78 Å². The van der Waals surface area contributed by atoms with Gasteiger partial charge in [0.2, 0.25) is 0 Å². The van der Waals surface area contributed by atoms with Crippen LogP contribution in [-0.4, -0.2) is 6.29 Å². The van der Waals surface area contributed by atoms with Crippen molar-refractivity contribution < 1.29 is 13.6 Å². The van der Waals surface area contributed by atoms with E-state index in [-0.39, 0.29) is 10.6 Å². The molecule has 0 aliphatic carbocycles. The highest BCUT2D eigenvalue weighted by Gasteiger charge is 2.12. The third-order valence-corrected chi connectivity index (χ3v) is 2.68. The molecule has 4 heteroatoms. The molecule has 0 atom stereocenters. The molecule has 0 fully saturated rings. The number of aldehydes is 1. The van der Waals surface area contributed by atoms with Crippen molar-refractivity contribution >= 4 is 17.9 Å². The second-order valence-electron chi connectivity index (χ2n) is 3.46. The predicted molar refractivity (Wildman–Crippen MR) is 62.2 cm³/mol. The van der Waals surface area contributed by atoms with Crippen LogP contribution in [0.1, 0.15) is 10.4 Å². The van der Waals surface area contributed by atoms with E-state index in [9.17, 15) is 13.6 Å². The third-order valence-electron chi connectivity index (χ3n) is 2.37. The minimum atomic E-state index is -0.951. The highest BCUT2D eigenvalue weighted by atomic mass is 35.5. The van der Waals surface area contributed by atoms with Gasteiger partial charge in [0.25, 0.3) is 0 Å². The Kier molecular flexibility index (Phi) is 3.20. The van der Waals surface area contributed by atoms with E-state index in [4.69, 9.17) is 11.6 Å². The molecule has 1 nitrogen and oxygen atoms in total. The minimum Gasteiger partial charge on any atom is -0.298 e. The van der Waals surface area contributed by atoms with Crippen molar-refractivity contribution in [3.63, 3.8) is 0 Å². The van der Waals surface area contributed by atoms with E-state index in [1.54, 1.807) is 0 Å². The van der Waals surface area contributed by atoms with Crippen molar-refractivity contribution in [1.29, 1.82) is 0 Å². The van der Waals surface area contributed by atoms with E-state index in [0.29, 0.717) is 17.4 Å². The minimum absolute atomic E-state index is 0.0763. The molecule has 0 N–H and O–H groups in total. The van der Waals surface area contributed by atoms with Gasteiger partial charge in [0, 0.05) is 21.7 Å². The van der Waals surface area contributed by atoms with Crippen LogP contribution in [-0.2, 0) is 0 Å². The van der Waals surface area contributed by atoms with Crippen LogP contribution < -0.4 is 0 Å². The number of carbonyl (C=O) groups excluding carboxylic acids is 1. The molecule has 17 heavy (non-hydrogen) atoms. The van der Waals surface area contributed by atoms with E-state index in [1.807, 2.05) is 0 Å². The van der Waals surface area contributed by atoms with E-state index in [0.717, 1.165) is 6.07 Å². The molecular formula is C13H7ClF2O. The number of hydrogen-bond donors (Lipinski definition) is 0. The number of halogens is 3. The fourth-order valence-corrected chi connectivity index (χ4v) is 1.83. The average molecular weight is 253 g/mol. The normalized spacial score (nSPS) is 10.3. The summed E-state index contributed by atoms with van der Waals surface area (Å²) in [6, 6.07) is 8.27. The summed E-state index contributed by atoms with van der Waals surface area (Å²) in [7, 11) is 0. The molecule has 86 valence electrons. The summed E-state index contributed by atoms with van der Waals surface area (Å²) in [6.45, 7) is 0. The molecule has 0 saturated carbocycles. The maximum atomic E-state index is 13.5. The van der Waals surface area contributed by atoms with Gasteiger partial charge in [-0.1, -0.05) is 35.9 Å². The van der Waals surface area contributed by atoms with Crippen LogP contribution in [0.2, 0.25) is 5.02 Å². The van der Waals surface area contributed by atoms with E-state index in [2.05, 4.69) is 0 Å². The smallest absolute Gasteiger partial charge is 0.166 e. The van der Waals surface area contributed by atoms with Gasteiger partial charge in [-0.15, -0.1) is 0 Å². The molecule has 0 amide bonds. The largest absolute Gasteiger partial charge is 0.298 e. The third kappa shape index (κ3) is 2.19. The fourth-order valence-electron chi connectivity index (χ4n) is 1.53. The van der Waals surface area contributed by atoms with Gasteiger partial charge < -0.3 is 0 Å². The Morgan fingerprint density at radius 3 is 2.47 bits per heavy atom. The van der Waals surface area contributed by atoms with Crippen LogP contribution in [0.25, 0.3) is 11.1 Å². The molecule has 0 unspecified atom stereocenters. The van der Waals surface area contributed by atoms with Crippen LogP contribution >= 0.6 is 11.6 Å². The molecular weight excluding hydrogens is 246 g/mol. The Balaban J connectivity index is 2.61. The maximum Gasteiger partial charge on any atom is 0.166 e. The Hall–Kier alpha value is -1.74. The van der Waals surface area contributed by atoms with Crippen molar-refractivity contribution in [3.05, 3.63) is 58.6 Å². The number of rotatable bonds is 2. The molecule has 0 bridgehead atoms. The van der Waals surface area contributed by atoms with Crippen LogP contribution in [0, 0.1) is 11.6 Å². The standard InChI is InChI=1S/C13H7ClF2O/c14-11-6-8(7-17)4-5-9(11)10-2-1-3-12(15)13(10)16/h1-7H. The second-order valence-corrected chi connectivity index (χ2v) is 3.87. The first kappa shape index (κ1) is 11.7. The molecule has 0 aliphatic rings. The average Bonchev–Trinajstić information content (AvgIpc) is 2.33. The zero-order chi connectivity index (χ0) is 12.4. The topological polar surface area (TPSA) is 17.1 Å². The Bertz CT molecular complexity index is 582. The highest BCUT2D eigenvalue weighted by molar-refractivity contribution is 6.33. The number of benzene rings is 2. The lowest BCUT2D eigenvalue weighted by Crippen LogP contribution is -1.90. The molecule has 0 radical (unpaired) electrons. The van der Waals surface area contributed by atoms with Crippen LogP contribution in [0.3, 0.4) is 0 Å². The zero-order valence-corrected chi connectivity index (χ0v) is 9.34. The number of carbonyl (C=O) groups is 1. The Labute approximate surface area is 102 Å². The lowest BCUT2D eigenvalue weighted by Gasteiger charge is -2.06. The summed E-state index contributed by atoms with van der Waals surface area (Å²) >= 11 is 5.92. The molecule has 0 saturated heterocycles. The second kappa shape index (κ2) is 4.63.